The number of ether oxygens (including phenoxy) is 1. The Morgan fingerprint density at radius 2 is 1.92 bits per heavy atom. The van der Waals surface area contributed by atoms with Crippen molar-refractivity contribution in [1.82, 2.24) is 4.90 Å². The van der Waals surface area contributed by atoms with Gasteiger partial charge in [-0.3, -0.25) is 0 Å². The zero-order valence-corrected chi connectivity index (χ0v) is 14.0. The molecule has 1 aromatic carbocycles. The summed E-state index contributed by atoms with van der Waals surface area (Å²) in [6.07, 6.45) is 4.06. The van der Waals surface area contributed by atoms with Gasteiger partial charge in [0.1, 0.15) is 11.6 Å². The number of benzene rings is 1. The maximum Gasteiger partial charge on any atom is 0.409 e. The molecule has 1 heterocycles. The highest BCUT2D eigenvalue weighted by atomic mass is 19.1. The summed E-state index contributed by atoms with van der Waals surface area (Å²) >= 11 is 0. The molecule has 1 aliphatic rings. The highest BCUT2D eigenvalue weighted by molar-refractivity contribution is 5.67. The first-order valence-electron chi connectivity index (χ1n) is 8.45. The molecule has 5 heteroatoms. The molecule has 0 radical (unpaired) electrons. The van der Waals surface area contributed by atoms with E-state index in [1.807, 2.05) is 0 Å². The van der Waals surface area contributed by atoms with E-state index in [2.05, 4.69) is 18.8 Å². The molecular weight excluding hydrogens is 312 g/mol. The molecule has 3 nitrogen and oxygen atoms in total. The summed E-state index contributed by atoms with van der Waals surface area (Å²) < 4.78 is 31.4. The lowest BCUT2D eigenvalue weighted by molar-refractivity contribution is 0.0871. The van der Waals surface area contributed by atoms with Crippen LogP contribution in [0.3, 0.4) is 0 Å². The van der Waals surface area contributed by atoms with Gasteiger partial charge in [-0.05, 0) is 37.3 Å². The number of carbonyl (C=O) groups excluding carboxylic acids is 1. The van der Waals surface area contributed by atoms with Crippen LogP contribution < -0.4 is 0 Å². The minimum absolute atomic E-state index is 0.233. The minimum atomic E-state index is -0.616. The summed E-state index contributed by atoms with van der Waals surface area (Å²) in [4.78, 5) is 13.6. The molecule has 2 rings (SSSR count). The van der Waals surface area contributed by atoms with Crippen molar-refractivity contribution >= 4 is 6.09 Å². The first kappa shape index (κ1) is 18.3. The molecule has 0 saturated carbocycles. The van der Waals surface area contributed by atoms with Gasteiger partial charge in [-0.1, -0.05) is 25.2 Å². The van der Waals surface area contributed by atoms with Crippen molar-refractivity contribution in [3.05, 3.63) is 35.4 Å². The zero-order valence-electron chi connectivity index (χ0n) is 14.0. The lowest BCUT2D eigenvalue weighted by Gasteiger charge is -2.30. The van der Waals surface area contributed by atoms with Gasteiger partial charge < -0.3 is 9.64 Å². The van der Waals surface area contributed by atoms with E-state index in [0.717, 1.165) is 31.7 Å². The fourth-order valence-corrected chi connectivity index (χ4v) is 2.64. The number of piperidine rings is 1. The largest absolute Gasteiger partial charge is 0.449 e. The second-order valence-corrected chi connectivity index (χ2v) is 6.06. The topological polar surface area (TPSA) is 29.5 Å². The molecule has 0 aliphatic carbocycles. The van der Waals surface area contributed by atoms with Crippen molar-refractivity contribution < 1.29 is 18.3 Å². The fourth-order valence-electron chi connectivity index (χ4n) is 2.64. The summed E-state index contributed by atoms with van der Waals surface area (Å²) in [5, 5.41) is 0. The van der Waals surface area contributed by atoms with Crippen molar-refractivity contribution in [3.8, 4) is 11.8 Å². The Balaban J connectivity index is 1.75. The van der Waals surface area contributed by atoms with Gasteiger partial charge in [0.2, 0.25) is 0 Å². The summed E-state index contributed by atoms with van der Waals surface area (Å²) in [5.41, 5.74) is 0.351. The summed E-state index contributed by atoms with van der Waals surface area (Å²) in [7, 11) is 0. The molecule has 0 bridgehead atoms. The Morgan fingerprint density at radius 3 is 2.54 bits per heavy atom. The highest BCUT2D eigenvalue weighted by Crippen LogP contribution is 2.20. The van der Waals surface area contributed by atoms with E-state index in [-0.39, 0.29) is 6.09 Å². The molecule has 1 fully saturated rings. The molecule has 0 unspecified atom stereocenters. The van der Waals surface area contributed by atoms with E-state index < -0.39 is 11.6 Å². The maximum absolute atomic E-state index is 13.1. The average Bonchev–Trinajstić information content (AvgIpc) is 2.55. The molecule has 0 N–H and O–H groups in total. The Kier molecular flexibility index (Phi) is 7.05. The van der Waals surface area contributed by atoms with Crippen LogP contribution in [-0.4, -0.2) is 30.7 Å². The summed E-state index contributed by atoms with van der Waals surface area (Å²) in [6, 6.07) is 3.29. The number of likely N-dealkylation sites (tertiary alicyclic amines) is 1. The number of amides is 1. The van der Waals surface area contributed by atoms with Gasteiger partial charge in [0, 0.05) is 31.1 Å². The van der Waals surface area contributed by atoms with Crippen molar-refractivity contribution in [3.63, 3.8) is 0 Å². The molecular formula is C19H23F2NO2. The van der Waals surface area contributed by atoms with Gasteiger partial charge in [-0.15, -0.1) is 0 Å². The van der Waals surface area contributed by atoms with E-state index >= 15 is 0 Å². The predicted octanol–water partition coefficient (Wildman–Crippen LogP) is 4.36. The predicted molar refractivity (Wildman–Crippen MR) is 88.4 cm³/mol. The van der Waals surface area contributed by atoms with E-state index in [1.165, 1.54) is 12.1 Å². The third-order valence-corrected chi connectivity index (χ3v) is 4.08. The third-order valence-electron chi connectivity index (χ3n) is 4.08. The van der Waals surface area contributed by atoms with Gasteiger partial charge in [0.25, 0.3) is 0 Å². The van der Waals surface area contributed by atoms with Gasteiger partial charge >= 0.3 is 6.09 Å². The number of hydrogen-bond acceptors (Lipinski definition) is 2. The molecule has 1 aliphatic heterocycles. The van der Waals surface area contributed by atoms with Crippen molar-refractivity contribution in [2.24, 2.45) is 5.92 Å². The van der Waals surface area contributed by atoms with Crippen molar-refractivity contribution in [1.29, 1.82) is 0 Å². The molecule has 1 amide bonds. The monoisotopic (exact) mass is 335 g/mol. The normalized spacial score (nSPS) is 14.9. The number of rotatable bonds is 4. The Labute approximate surface area is 142 Å². The third kappa shape index (κ3) is 5.84. The Hall–Kier alpha value is -2.09. The second-order valence-electron chi connectivity index (χ2n) is 6.06. The minimum Gasteiger partial charge on any atom is -0.449 e. The van der Waals surface area contributed by atoms with Crippen LogP contribution in [0.5, 0.6) is 0 Å². The molecule has 0 atom stereocenters. The van der Waals surface area contributed by atoms with Gasteiger partial charge in [0.05, 0.1) is 6.61 Å². The summed E-state index contributed by atoms with van der Waals surface area (Å²) in [5.74, 6) is 4.97. The first-order chi connectivity index (χ1) is 11.6. The zero-order chi connectivity index (χ0) is 17.4. The molecule has 0 aromatic heterocycles. The number of halogens is 2. The van der Waals surface area contributed by atoms with Crippen molar-refractivity contribution in [2.45, 2.75) is 39.0 Å². The standard InChI is InChI=1S/C19H23F2NO2/c1-2-3-11-24-19(23)22-9-7-15(8-10-22)5-4-6-16-12-17(20)14-18(21)13-16/h12-15H,2-3,5,7-11H2,1H3. The molecule has 1 aromatic rings. The van der Waals surface area contributed by atoms with Crippen LogP contribution in [0.25, 0.3) is 0 Å². The van der Waals surface area contributed by atoms with Crippen LogP contribution in [0, 0.1) is 29.4 Å². The van der Waals surface area contributed by atoms with Crippen LogP contribution in [0.4, 0.5) is 13.6 Å². The second kappa shape index (κ2) is 9.27. The number of carbonyl (C=O) groups is 1. The van der Waals surface area contributed by atoms with Gasteiger partial charge in [-0.2, -0.15) is 0 Å². The molecule has 130 valence electrons. The maximum atomic E-state index is 13.1. The lowest BCUT2D eigenvalue weighted by atomic mass is 9.94. The van der Waals surface area contributed by atoms with Crippen LogP contribution in [0.2, 0.25) is 0 Å². The molecule has 24 heavy (non-hydrogen) atoms. The lowest BCUT2D eigenvalue weighted by Crippen LogP contribution is -2.38. The highest BCUT2D eigenvalue weighted by Gasteiger charge is 2.23. The van der Waals surface area contributed by atoms with E-state index in [1.54, 1.807) is 4.90 Å². The smallest absolute Gasteiger partial charge is 0.409 e. The fraction of sp³-hybridized carbons (Fsp3) is 0.526. The van der Waals surface area contributed by atoms with Gasteiger partial charge in [0.15, 0.2) is 0 Å². The van der Waals surface area contributed by atoms with Crippen LogP contribution >= 0.6 is 0 Å². The molecule has 1 saturated heterocycles. The number of unbranched alkanes of at least 4 members (excludes halogenated alkanes) is 1. The van der Waals surface area contributed by atoms with Crippen LogP contribution in [0.1, 0.15) is 44.6 Å². The number of nitrogens with zero attached hydrogens (tertiary/aromatic N) is 1. The Morgan fingerprint density at radius 1 is 1.25 bits per heavy atom. The van der Waals surface area contributed by atoms with Crippen LogP contribution in [-0.2, 0) is 4.74 Å². The van der Waals surface area contributed by atoms with Crippen molar-refractivity contribution in [2.75, 3.05) is 19.7 Å². The van der Waals surface area contributed by atoms with E-state index in [0.29, 0.717) is 37.6 Å². The SMILES string of the molecule is CCCCOC(=O)N1CCC(CC#Cc2cc(F)cc(F)c2)CC1. The van der Waals surface area contributed by atoms with E-state index in [9.17, 15) is 13.6 Å². The quantitative estimate of drug-likeness (QED) is 0.604. The average molecular weight is 335 g/mol. The number of hydrogen-bond donors (Lipinski definition) is 0. The Bertz CT molecular complexity index is 593. The van der Waals surface area contributed by atoms with Gasteiger partial charge in [-0.25, -0.2) is 13.6 Å². The summed E-state index contributed by atoms with van der Waals surface area (Å²) in [6.45, 7) is 3.88. The van der Waals surface area contributed by atoms with Crippen LogP contribution in [0.15, 0.2) is 18.2 Å². The molecule has 0 spiro atoms. The first-order valence-corrected chi connectivity index (χ1v) is 8.45. The van der Waals surface area contributed by atoms with E-state index in [4.69, 9.17) is 4.74 Å².